The van der Waals surface area contributed by atoms with Gasteiger partial charge in [0.15, 0.2) is 0 Å². The molecule has 0 saturated heterocycles. The Morgan fingerprint density at radius 2 is 2.10 bits per heavy atom. The van der Waals surface area contributed by atoms with Crippen LogP contribution in [0.1, 0.15) is 10.4 Å². The Morgan fingerprint density at radius 1 is 1.24 bits per heavy atom. The number of aromatic hydroxyl groups is 1. The highest BCUT2D eigenvalue weighted by Crippen LogP contribution is 2.29. The third-order valence-corrected chi connectivity index (χ3v) is 2.80. The minimum atomic E-state index is -0.625. The molecule has 0 amide bonds. The van der Waals surface area contributed by atoms with Crippen molar-refractivity contribution in [2.24, 2.45) is 0 Å². The summed E-state index contributed by atoms with van der Waals surface area (Å²) in [5.41, 5.74) is -0.152. The molecule has 2 aromatic heterocycles. The maximum Gasteiger partial charge on any atom is 0.345 e. The third kappa shape index (κ3) is 2.59. The molecule has 6 nitrogen and oxygen atoms in total. The molecule has 1 N–H and O–H groups in total. The van der Waals surface area contributed by atoms with Gasteiger partial charge < -0.3 is 14.3 Å². The fourth-order valence-corrected chi connectivity index (χ4v) is 1.84. The number of ether oxygens (including phenoxy) is 1. The van der Waals surface area contributed by atoms with Gasteiger partial charge in [-0.05, 0) is 18.2 Å². The Balaban J connectivity index is 1.98. The molecule has 0 atom stereocenters. The zero-order valence-corrected chi connectivity index (χ0v) is 10.6. The van der Waals surface area contributed by atoms with E-state index >= 15 is 0 Å². The van der Waals surface area contributed by atoms with E-state index in [-0.39, 0.29) is 22.6 Å². The first-order valence-electron chi connectivity index (χ1n) is 6.02. The number of carbonyl (C=O) groups is 1. The van der Waals surface area contributed by atoms with Crippen LogP contribution >= 0.6 is 0 Å². The molecule has 0 radical (unpaired) electrons. The summed E-state index contributed by atoms with van der Waals surface area (Å²) < 4.78 is 10.1. The quantitative estimate of drug-likeness (QED) is 0.440. The minimum absolute atomic E-state index is 0.0724. The molecule has 3 aromatic rings. The van der Waals surface area contributed by atoms with Gasteiger partial charge in [0.05, 0.1) is 10.9 Å². The molecular formula is C15H9NO5. The normalized spacial score (nSPS) is 10.5. The van der Waals surface area contributed by atoms with Crippen LogP contribution in [0.25, 0.3) is 11.0 Å². The molecule has 3 rings (SSSR count). The molecule has 21 heavy (non-hydrogen) atoms. The van der Waals surface area contributed by atoms with E-state index < -0.39 is 11.6 Å². The first kappa shape index (κ1) is 12.9. The number of aromatic nitrogens is 1. The average molecular weight is 283 g/mol. The van der Waals surface area contributed by atoms with Crippen LogP contribution in [0.2, 0.25) is 0 Å². The van der Waals surface area contributed by atoms with Crippen LogP contribution in [-0.4, -0.2) is 16.1 Å². The number of phenols is 1. The summed E-state index contributed by atoms with van der Waals surface area (Å²) in [6, 6.07) is 8.43. The van der Waals surface area contributed by atoms with Crippen molar-refractivity contribution in [2.45, 2.75) is 0 Å². The van der Waals surface area contributed by atoms with Crippen molar-refractivity contribution in [3.8, 4) is 11.5 Å². The number of hydrogen-bond acceptors (Lipinski definition) is 6. The lowest BCUT2D eigenvalue weighted by molar-refractivity contribution is 0.0734. The monoisotopic (exact) mass is 283 g/mol. The van der Waals surface area contributed by atoms with Crippen LogP contribution < -0.4 is 10.4 Å². The van der Waals surface area contributed by atoms with E-state index in [0.717, 1.165) is 0 Å². The number of fused-ring (bicyclic) bond motifs is 1. The first-order valence-corrected chi connectivity index (χ1v) is 6.02. The molecule has 2 heterocycles. The fraction of sp³-hybridized carbons (Fsp3) is 0. The number of phenolic OH excluding ortho intramolecular Hbond substituents is 1. The SMILES string of the molecule is O=C(Oc1cc(O)c2ccc(=O)oc2c1)c1cccnc1. The van der Waals surface area contributed by atoms with Crippen molar-refractivity contribution in [3.05, 3.63) is 64.8 Å². The summed E-state index contributed by atoms with van der Waals surface area (Å²) in [7, 11) is 0. The molecule has 1 aromatic carbocycles. The standard InChI is InChI=1S/C15H9NO5/c17-12-6-10(7-13-11(12)3-4-14(18)21-13)20-15(19)9-2-1-5-16-8-9/h1-8,17H. The highest BCUT2D eigenvalue weighted by Gasteiger charge is 2.12. The minimum Gasteiger partial charge on any atom is -0.507 e. The number of hydrogen-bond donors (Lipinski definition) is 1. The summed E-state index contributed by atoms with van der Waals surface area (Å²) in [4.78, 5) is 26.9. The summed E-state index contributed by atoms with van der Waals surface area (Å²) in [6.45, 7) is 0. The van der Waals surface area contributed by atoms with E-state index in [1.807, 2.05) is 0 Å². The van der Waals surface area contributed by atoms with Crippen molar-refractivity contribution in [1.82, 2.24) is 4.98 Å². The van der Waals surface area contributed by atoms with Gasteiger partial charge >= 0.3 is 11.6 Å². The van der Waals surface area contributed by atoms with E-state index in [4.69, 9.17) is 9.15 Å². The van der Waals surface area contributed by atoms with Crippen LogP contribution in [0.15, 0.2) is 58.0 Å². The topological polar surface area (TPSA) is 89.6 Å². The molecule has 0 aliphatic rings. The van der Waals surface area contributed by atoms with Crippen LogP contribution in [0.5, 0.6) is 11.5 Å². The smallest absolute Gasteiger partial charge is 0.345 e. The average Bonchev–Trinajstić information content (AvgIpc) is 2.47. The molecule has 0 fully saturated rings. The van der Waals surface area contributed by atoms with Gasteiger partial charge in [0, 0.05) is 30.6 Å². The van der Waals surface area contributed by atoms with Crippen LogP contribution in [0.4, 0.5) is 0 Å². The second-order valence-corrected chi connectivity index (χ2v) is 4.24. The van der Waals surface area contributed by atoms with Crippen molar-refractivity contribution in [3.63, 3.8) is 0 Å². The predicted octanol–water partition coefficient (Wildman–Crippen LogP) is 2.11. The zero-order valence-electron chi connectivity index (χ0n) is 10.6. The first-order chi connectivity index (χ1) is 10.1. The molecule has 0 aliphatic heterocycles. The van der Waals surface area contributed by atoms with Crippen LogP contribution in [0.3, 0.4) is 0 Å². The Bertz CT molecular complexity index is 870. The van der Waals surface area contributed by atoms with Crippen molar-refractivity contribution >= 4 is 16.9 Å². The summed E-state index contributed by atoms with van der Waals surface area (Å²) in [5, 5.41) is 10.2. The van der Waals surface area contributed by atoms with Crippen molar-refractivity contribution < 1.29 is 19.1 Å². The molecule has 6 heteroatoms. The second-order valence-electron chi connectivity index (χ2n) is 4.24. The zero-order chi connectivity index (χ0) is 14.8. The summed E-state index contributed by atoms with van der Waals surface area (Å²) >= 11 is 0. The number of rotatable bonds is 2. The van der Waals surface area contributed by atoms with Gasteiger partial charge in [-0.15, -0.1) is 0 Å². The molecule has 0 spiro atoms. The molecule has 0 unspecified atom stereocenters. The van der Waals surface area contributed by atoms with E-state index in [9.17, 15) is 14.7 Å². The number of benzene rings is 1. The summed E-state index contributed by atoms with van der Waals surface area (Å²) in [5.74, 6) is -0.700. The van der Waals surface area contributed by atoms with Gasteiger partial charge in [-0.25, -0.2) is 9.59 Å². The fourth-order valence-electron chi connectivity index (χ4n) is 1.84. The van der Waals surface area contributed by atoms with Gasteiger partial charge in [-0.1, -0.05) is 0 Å². The lowest BCUT2D eigenvalue weighted by atomic mass is 10.2. The lowest BCUT2D eigenvalue weighted by Crippen LogP contribution is -2.08. The largest absolute Gasteiger partial charge is 0.507 e. The Hall–Kier alpha value is -3.15. The molecule has 0 aliphatic carbocycles. The van der Waals surface area contributed by atoms with E-state index in [1.54, 1.807) is 12.1 Å². The van der Waals surface area contributed by atoms with Gasteiger partial charge in [-0.2, -0.15) is 0 Å². The van der Waals surface area contributed by atoms with Crippen molar-refractivity contribution in [1.29, 1.82) is 0 Å². The van der Waals surface area contributed by atoms with Gasteiger partial charge in [0.1, 0.15) is 17.1 Å². The molecule has 0 bridgehead atoms. The highest BCUT2D eigenvalue weighted by atomic mass is 16.5. The lowest BCUT2D eigenvalue weighted by Gasteiger charge is -2.06. The Kier molecular flexibility index (Phi) is 3.12. The number of esters is 1. The molecule has 0 saturated carbocycles. The summed E-state index contributed by atoms with van der Waals surface area (Å²) in [6.07, 6.45) is 2.90. The third-order valence-electron chi connectivity index (χ3n) is 2.80. The second kappa shape index (κ2) is 5.09. The maximum atomic E-state index is 11.9. The van der Waals surface area contributed by atoms with E-state index in [1.165, 1.54) is 36.7 Å². The van der Waals surface area contributed by atoms with Crippen molar-refractivity contribution in [2.75, 3.05) is 0 Å². The predicted molar refractivity (Wildman–Crippen MR) is 73.3 cm³/mol. The maximum absolute atomic E-state index is 11.9. The van der Waals surface area contributed by atoms with Gasteiger partial charge in [-0.3, -0.25) is 4.98 Å². The Morgan fingerprint density at radius 3 is 2.86 bits per heavy atom. The van der Waals surface area contributed by atoms with Gasteiger partial charge in [0.25, 0.3) is 0 Å². The number of nitrogens with zero attached hydrogens (tertiary/aromatic N) is 1. The van der Waals surface area contributed by atoms with Gasteiger partial charge in [0.2, 0.25) is 0 Å². The molecule has 104 valence electrons. The molecular weight excluding hydrogens is 274 g/mol. The van der Waals surface area contributed by atoms with Crippen LogP contribution in [0, 0.1) is 0 Å². The number of carbonyl (C=O) groups excluding carboxylic acids is 1. The van der Waals surface area contributed by atoms with E-state index in [2.05, 4.69) is 4.98 Å². The highest BCUT2D eigenvalue weighted by molar-refractivity contribution is 5.92. The number of pyridine rings is 1. The van der Waals surface area contributed by atoms with E-state index in [0.29, 0.717) is 5.39 Å². The van der Waals surface area contributed by atoms with Crippen LogP contribution in [-0.2, 0) is 0 Å². The Labute approximate surface area is 118 Å².